The lowest BCUT2D eigenvalue weighted by Crippen LogP contribution is -2.21. The van der Waals surface area contributed by atoms with Crippen molar-refractivity contribution >= 4 is 11.9 Å². The van der Waals surface area contributed by atoms with Gasteiger partial charge in [0.25, 0.3) is 0 Å². The Labute approximate surface area is 179 Å². The Hall–Kier alpha value is -1.32. The largest absolute Gasteiger partial charge is 0.481 e. The van der Waals surface area contributed by atoms with Crippen molar-refractivity contribution in [1.29, 1.82) is 0 Å². The van der Waals surface area contributed by atoms with E-state index >= 15 is 0 Å². The summed E-state index contributed by atoms with van der Waals surface area (Å²) >= 11 is 0. The van der Waals surface area contributed by atoms with Crippen LogP contribution in [0.1, 0.15) is 123 Å². The summed E-state index contributed by atoms with van der Waals surface area (Å²) in [7, 11) is 0. The van der Waals surface area contributed by atoms with Crippen LogP contribution in [0, 0.1) is 5.92 Å². The Kier molecular flexibility index (Phi) is 20.4. The molecule has 0 aromatic carbocycles. The van der Waals surface area contributed by atoms with E-state index in [0.29, 0.717) is 13.0 Å². The predicted molar refractivity (Wildman–Crippen MR) is 121 cm³/mol. The van der Waals surface area contributed by atoms with Gasteiger partial charge in [-0.1, -0.05) is 96.6 Å². The second kappa shape index (κ2) is 21.4. The molecule has 0 aromatic rings. The number of allylic oxidation sites excluding steroid dienone is 2. The van der Waals surface area contributed by atoms with Gasteiger partial charge in [-0.25, -0.2) is 0 Å². The van der Waals surface area contributed by atoms with Crippen LogP contribution in [0.15, 0.2) is 12.2 Å². The Morgan fingerprint density at radius 1 is 0.759 bits per heavy atom. The van der Waals surface area contributed by atoms with Crippen molar-refractivity contribution in [2.24, 2.45) is 5.92 Å². The molecule has 1 N–H and O–H groups in total. The summed E-state index contributed by atoms with van der Waals surface area (Å²) < 4.78 is 5.13. The minimum atomic E-state index is -0.920. The molecule has 0 bridgehead atoms. The molecular formula is C25H46O4. The first kappa shape index (κ1) is 27.7. The number of rotatable bonds is 21. The predicted octanol–water partition coefficient (Wildman–Crippen LogP) is 7.46. The van der Waals surface area contributed by atoms with Crippen molar-refractivity contribution in [2.75, 3.05) is 6.61 Å². The second-order valence-electron chi connectivity index (χ2n) is 8.19. The zero-order chi connectivity index (χ0) is 21.6. The van der Waals surface area contributed by atoms with Crippen LogP contribution in [0.2, 0.25) is 0 Å². The molecule has 1 atom stereocenters. The Morgan fingerprint density at radius 3 is 1.79 bits per heavy atom. The lowest BCUT2D eigenvalue weighted by atomic mass is 9.97. The van der Waals surface area contributed by atoms with E-state index in [0.717, 1.165) is 19.3 Å². The lowest BCUT2D eigenvalue weighted by Gasteiger charge is -2.13. The van der Waals surface area contributed by atoms with E-state index < -0.39 is 11.9 Å². The molecule has 0 aliphatic carbocycles. The molecule has 0 spiro atoms. The van der Waals surface area contributed by atoms with Gasteiger partial charge < -0.3 is 9.84 Å². The number of carboxylic acid groups (broad SMARTS) is 1. The van der Waals surface area contributed by atoms with E-state index in [2.05, 4.69) is 19.1 Å². The summed E-state index contributed by atoms with van der Waals surface area (Å²) in [4.78, 5) is 22.9. The summed E-state index contributed by atoms with van der Waals surface area (Å²) in [5.41, 5.74) is 0. The summed E-state index contributed by atoms with van der Waals surface area (Å²) in [6.07, 6.45) is 23.4. The van der Waals surface area contributed by atoms with Gasteiger partial charge in [-0.15, -0.1) is 0 Å². The van der Waals surface area contributed by atoms with Gasteiger partial charge in [0.1, 0.15) is 0 Å². The fourth-order valence-corrected chi connectivity index (χ4v) is 3.48. The maximum atomic E-state index is 11.9. The summed E-state index contributed by atoms with van der Waals surface area (Å²) in [6.45, 7) is 4.53. The van der Waals surface area contributed by atoms with Crippen molar-refractivity contribution < 1.29 is 19.4 Å². The molecule has 29 heavy (non-hydrogen) atoms. The average molecular weight is 411 g/mol. The fourth-order valence-electron chi connectivity index (χ4n) is 3.48. The van der Waals surface area contributed by atoms with Crippen LogP contribution in [0.3, 0.4) is 0 Å². The third-order valence-electron chi connectivity index (χ3n) is 5.25. The molecule has 0 aliphatic heterocycles. The van der Waals surface area contributed by atoms with Crippen LogP contribution in [-0.4, -0.2) is 23.7 Å². The molecule has 0 saturated carbocycles. The standard InChI is InChI=1S/C25H46O4/c1-3-5-6-7-8-9-10-11-12-13-14-15-16-17-18-19-20-23(22-24(26)27)25(28)29-21-4-2/h6-7,23H,3-5,8-22H2,1-2H3,(H,26,27)/b7-6+. The molecule has 1 unspecified atom stereocenters. The first-order valence-corrected chi connectivity index (χ1v) is 12.1. The Balaban J connectivity index is 3.51. The van der Waals surface area contributed by atoms with E-state index in [-0.39, 0.29) is 12.4 Å². The fraction of sp³-hybridized carbons (Fsp3) is 0.840. The van der Waals surface area contributed by atoms with Crippen molar-refractivity contribution in [3.05, 3.63) is 12.2 Å². The SMILES string of the molecule is CCC/C=C/CCCCCCCCCCCCCC(CC(=O)O)C(=O)OCCC. The zero-order valence-electron chi connectivity index (χ0n) is 19.1. The van der Waals surface area contributed by atoms with Crippen LogP contribution in [0.5, 0.6) is 0 Å². The Morgan fingerprint density at radius 2 is 1.28 bits per heavy atom. The highest BCUT2D eigenvalue weighted by molar-refractivity contribution is 5.79. The molecule has 0 amide bonds. The normalized spacial score (nSPS) is 12.3. The molecule has 0 heterocycles. The third-order valence-corrected chi connectivity index (χ3v) is 5.25. The number of aliphatic carboxylic acids is 1. The van der Waals surface area contributed by atoms with Crippen molar-refractivity contribution in [3.63, 3.8) is 0 Å². The van der Waals surface area contributed by atoms with Gasteiger partial charge in [0.2, 0.25) is 0 Å². The minimum absolute atomic E-state index is 0.114. The summed E-state index contributed by atoms with van der Waals surface area (Å²) in [5.74, 6) is -1.75. The highest BCUT2D eigenvalue weighted by Gasteiger charge is 2.22. The number of carbonyl (C=O) groups excluding carboxylic acids is 1. The topological polar surface area (TPSA) is 63.6 Å². The zero-order valence-corrected chi connectivity index (χ0v) is 19.1. The average Bonchev–Trinajstić information content (AvgIpc) is 2.70. The summed E-state index contributed by atoms with van der Waals surface area (Å²) in [5, 5.41) is 8.98. The lowest BCUT2D eigenvalue weighted by molar-refractivity contribution is -0.153. The van der Waals surface area contributed by atoms with Crippen LogP contribution < -0.4 is 0 Å². The molecule has 0 saturated heterocycles. The molecular weight excluding hydrogens is 364 g/mol. The monoisotopic (exact) mass is 410 g/mol. The van der Waals surface area contributed by atoms with Gasteiger partial charge in [-0.05, 0) is 32.1 Å². The van der Waals surface area contributed by atoms with Crippen molar-refractivity contribution in [3.8, 4) is 0 Å². The first-order valence-electron chi connectivity index (χ1n) is 12.1. The van der Waals surface area contributed by atoms with Crippen LogP contribution in [0.25, 0.3) is 0 Å². The van der Waals surface area contributed by atoms with Gasteiger partial charge in [-0.3, -0.25) is 9.59 Å². The quantitative estimate of drug-likeness (QED) is 0.121. The van der Waals surface area contributed by atoms with E-state index in [1.807, 2.05) is 6.92 Å². The molecule has 0 aromatic heterocycles. The van der Waals surface area contributed by atoms with Crippen LogP contribution in [-0.2, 0) is 14.3 Å². The van der Waals surface area contributed by atoms with Crippen LogP contribution >= 0.6 is 0 Å². The van der Waals surface area contributed by atoms with Gasteiger partial charge in [-0.2, -0.15) is 0 Å². The molecule has 0 radical (unpaired) electrons. The minimum Gasteiger partial charge on any atom is -0.481 e. The first-order chi connectivity index (χ1) is 14.1. The van der Waals surface area contributed by atoms with Crippen LogP contribution in [0.4, 0.5) is 0 Å². The highest BCUT2D eigenvalue weighted by Crippen LogP contribution is 2.18. The molecule has 0 aliphatic rings. The third kappa shape index (κ3) is 19.8. The van der Waals surface area contributed by atoms with E-state index in [4.69, 9.17) is 9.84 Å². The Bertz CT molecular complexity index is 417. The van der Waals surface area contributed by atoms with Gasteiger partial charge in [0.05, 0.1) is 18.9 Å². The van der Waals surface area contributed by atoms with Crippen molar-refractivity contribution in [2.45, 2.75) is 123 Å². The maximum Gasteiger partial charge on any atom is 0.309 e. The number of hydrogen-bond donors (Lipinski definition) is 1. The number of carbonyl (C=O) groups is 2. The maximum absolute atomic E-state index is 11.9. The number of carboxylic acids is 1. The molecule has 0 rings (SSSR count). The number of esters is 1. The van der Waals surface area contributed by atoms with Gasteiger partial charge in [0, 0.05) is 0 Å². The molecule has 0 fully saturated rings. The number of ether oxygens (including phenoxy) is 1. The van der Waals surface area contributed by atoms with Crippen molar-refractivity contribution in [1.82, 2.24) is 0 Å². The number of unbranched alkanes of at least 4 members (excludes halogenated alkanes) is 12. The van der Waals surface area contributed by atoms with E-state index in [1.165, 1.54) is 77.0 Å². The molecule has 4 nitrogen and oxygen atoms in total. The van der Waals surface area contributed by atoms with E-state index in [1.54, 1.807) is 0 Å². The highest BCUT2D eigenvalue weighted by atomic mass is 16.5. The second-order valence-corrected chi connectivity index (χ2v) is 8.19. The summed E-state index contributed by atoms with van der Waals surface area (Å²) in [6, 6.07) is 0. The van der Waals surface area contributed by atoms with Gasteiger partial charge in [0.15, 0.2) is 0 Å². The molecule has 170 valence electrons. The number of hydrogen-bond acceptors (Lipinski definition) is 3. The van der Waals surface area contributed by atoms with Gasteiger partial charge >= 0.3 is 11.9 Å². The molecule has 4 heteroatoms. The van der Waals surface area contributed by atoms with E-state index in [9.17, 15) is 9.59 Å². The smallest absolute Gasteiger partial charge is 0.309 e.